The fourth-order valence-electron chi connectivity index (χ4n) is 2.35. The molecule has 2 atom stereocenters. The summed E-state index contributed by atoms with van der Waals surface area (Å²) in [6.07, 6.45) is 6.33. The number of hydrogen-bond acceptors (Lipinski definition) is 3. The zero-order valence-corrected chi connectivity index (χ0v) is 11.7. The third-order valence-corrected chi connectivity index (χ3v) is 3.60. The van der Waals surface area contributed by atoms with Gasteiger partial charge >= 0.3 is 0 Å². The number of carbonyl (C=O) groups is 1. The van der Waals surface area contributed by atoms with E-state index < -0.39 is 6.10 Å². The van der Waals surface area contributed by atoms with Crippen LogP contribution < -0.4 is 10.1 Å². The number of rotatable bonds is 5. The summed E-state index contributed by atoms with van der Waals surface area (Å²) in [6.45, 7) is 0.615. The summed E-state index contributed by atoms with van der Waals surface area (Å²) in [5.74, 6) is 0.751. The van der Waals surface area contributed by atoms with E-state index in [1.807, 2.05) is 0 Å². The smallest absolute Gasteiger partial charge is 0.253 e. The number of hydrogen-bond donors (Lipinski definition) is 2. The van der Waals surface area contributed by atoms with Crippen molar-refractivity contribution in [3.05, 3.63) is 42.0 Å². The molecule has 0 fully saturated rings. The van der Waals surface area contributed by atoms with Gasteiger partial charge in [0.25, 0.3) is 5.91 Å². The SMILES string of the molecule is COc1cccc([C@H](O)C(=O)NC[C@@H]2CC=CCC2)c1. The van der Waals surface area contributed by atoms with Crippen LogP contribution >= 0.6 is 0 Å². The third-order valence-electron chi connectivity index (χ3n) is 3.60. The van der Waals surface area contributed by atoms with Gasteiger partial charge in [0.05, 0.1) is 7.11 Å². The molecule has 1 amide bonds. The Bertz CT molecular complexity index is 484. The number of aliphatic hydroxyl groups is 1. The molecule has 20 heavy (non-hydrogen) atoms. The van der Waals surface area contributed by atoms with Gasteiger partial charge in [-0.05, 0) is 42.9 Å². The monoisotopic (exact) mass is 275 g/mol. The van der Waals surface area contributed by atoms with Gasteiger partial charge in [0.1, 0.15) is 5.75 Å². The van der Waals surface area contributed by atoms with Gasteiger partial charge in [-0.25, -0.2) is 0 Å². The molecule has 0 aliphatic heterocycles. The fourth-order valence-corrected chi connectivity index (χ4v) is 2.35. The van der Waals surface area contributed by atoms with E-state index in [-0.39, 0.29) is 5.91 Å². The molecule has 0 aromatic heterocycles. The number of benzene rings is 1. The highest BCUT2D eigenvalue weighted by molar-refractivity contribution is 5.82. The second kappa shape index (κ2) is 7.10. The fraction of sp³-hybridized carbons (Fsp3) is 0.438. The molecule has 1 aromatic carbocycles. The van der Waals surface area contributed by atoms with E-state index in [1.54, 1.807) is 31.4 Å². The van der Waals surface area contributed by atoms with Gasteiger partial charge < -0.3 is 15.2 Å². The van der Waals surface area contributed by atoms with E-state index in [0.717, 1.165) is 19.3 Å². The number of carbonyl (C=O) groups excluding carboxylic acids is 1. The summed E-state index contributed by atoms with van der Waals surface area (Å²) < 4.78 is 5.09. The summed E-state index contributed by atoms with van der Waals surface area (Å²) in [4.78, 5) is 12.0. The predicted molar refractivity (Wildman–Crippen MR) is 77.4 cm³/mol. The maximum absolute atomic E-state index is 12.0. The lowest BCUT2D eigenvalue weighted by Crippen LogP contribution is -2.33. The quantitative estimate of drug-likeness (QED) is 0.810. The van der Waals surface area contributed by atoms with Crippen molar-refractivity contribution < 1.29 is 14.6 Å². The molecule has 0 heterocycles. The normalized spacial score (nSPS) is 19.4. The maximum Gasteiger partial charge on any atom is 0.253 e. The summed E-state index contributed by atoms with van der Waals surface area (Å²) in [6, 6.07) is 6.93. The molecule has 0 bridgehead atoms. The Morgan fingerprint density at radius 1 is 1.50 bits per heavy atom. The molecule has 0 spiro atoms. The van der Waals surface area contributed by atoms with Crippen LogP contribution in [0.4, 0.5) is 0 Å². The van der Waals surface area contributed by atoms with Crippen molar-refractivity contribution in [2.75, 3.05) is 13.7 Å². The zero-order chi connectivity index (χ0) is 14.4. The number of amides is 1. The first-order valence-electron chi connectivity index (χ1n) is 6.95. The Morgan fingerprint density at radius 2 is 2.35 bits per heavy atom. The second-order valence-electron chi connectivity index (χ2n) is 5.07. The first-order valence-corrected chi connectivity index (χ1v) is 6.95. The van der Waals surface area contributed by atoms with E-state index in [2.05, 4.69) is 17.5 Å². The van der Waals surface area contributed by atoms with E-state index in [1.165, 1.54) is 0 Å². The molecule has 0 saturated heterocycles. The molecule has 4 heteroatoms. The average molecular weight is 275 g/mol. The minimum atomic E-state index is -1.15. The molecule has 0 radical (unpaired) electrons. The summed E-state index contributed by atoms with van der Waals surface area (Å²) >= 11 is 0. The molecule has 4 nitrogen and oxygen atoms in total. The van der Waals surface area contributed by atoms with E-state index in [9.17, 15) is 9.90 Å². The molecular weight excluding hydrogens is 254 g/mol. The van der Waals surface area contributed by atoms with Gasteiger partial charge in [-0.1, -0.05) is 24.3 Å². The summed E-state index contributed by atoms with van der Waals surface area (Å²) in [5, 5.41) is 12.9. The van der Waals surface area contributed by atoms with Gasteiger partial charge in [-0.15, -0.1) is 0 Å². The van der Waals surface area contributed by atoms with Crippen molar-refractivity contribution in [2.24, 2.45) is 5.92 Å². The predicted octanol–water partition coefficient (Wildman–Crippen LogP) is 2.20. The van der Waals surface area contributed by atoms with Crippen molar-refractivity contribution in [1.82, 2.24) is 5.32 Å². The van der Waals surface area contributed by atoms with Crippen LogP contribution in [0.15, 0.2) is 36.4 Å². The van der Waals surface area contributed by atoms with Gasteiger partial charge in [0.2, 0.25) is 0 Å². The lowest BCUT2D eigenvalue weighted by molar-refractivity contribution is -0.129. The Labute approximate surface area is 119 Å². The Hall–Kier alpha value is -1.81. The molecule has 0 saturated carbocycles. The van der Waals surface area contributed by atoms with Crippen LogP contribution in [0.2, 0.25) is 0 Å². The van der Waals surface area contributed by atoms with Crippen molar-refractivity contribution in [3.8, 4) is 5.75 Å². The van der Waals surface area contributed by atoms with E-state index in [0.29, 0.717) is 23.8 Å². The minimum Gasteiger partial charge on any atom is -0.497 e. The van der Waals surface area contributed by atoms with Crippen molar-refractivity contribution in [2.45, 2.75) is 25.4 Å². The molecule has 1 aromatic rings. The van der Waals surface area contributed by atoms with Crippen LogP contribution in [-0.2, 0) is 4.79 Å². The number of nitrogens with one attached hydrogen (secondary N) is 1. The van der Waals surface area contributed by atoms with E-state index >= 15 is 0 Å². The maximum atomic E-state index is 12.0. The second-order valence-corrected chi connectivity index (χ2v) is 5.07. The highest BCUT2D eigenvalue weighted by Gasteiger charge is 2.19. The van der Waals surface area contributed by atoms with Crippen LogP contribution in [0.1, 0.15) is 30.9 Å². The number of methoxy groups -OCH3 is 1. The van der Waals surface area contributed by atoms with Crippen molar-refractivity contribution in [3.63, 3.8) is 0 Å². The number of ether oxygens (including phenoxy) is 1. The molecule has 2 rings (SSSR count). The van der Waals surface area contributed by atoms with Crippen LogP contribution in [0.3, 0.4) is 0 Å². The van der Waals surface area contributed by atoms with Crippen LogP contribution in [0.25, 0.3) is 0 Å². The minimum absolute atomic E-state index is 0.354. The van der Waals surface area contributed by atoms with Gasteiger partial charge in [0, 0.05) is 6.54 Å². The summed E-state index contributed by atoms with van der Waals surface area (Å²) in [7, 11) is 1.56. The topological polar surface area (TPSA) is 58.6 Å². The molecule has 1 aliphatic carbocycles. The van der Waals surface area contributed by atoms with Gasteiger partial charge in [-0.3, -0.25) is 4.79 Å². The van der Waals surface area contributed by atoms with Crippen molar-refractivity contribution >= 4 is 5.91 Å². The molecule has 0 unspecified atom stereocenters. The Balaban J connectivity index is 1.89. The van der Waals surface area contributed by atoms with Crippen LogP contribution in [0, 0.1) is 5.92 Å². The highest BCUT2D eigenvalue weighted by atomic mass is 16.5. The zero-order valence-electron chi connectivity index (χ0n) is 11.7. The van der Waals surface area contributed by atoms with Crippen molar-refractivity contribution in [1.29, 1.82) is 0 Å². The third kappa shape index (κ3) is 3.84. The highest BCUT2D eigenvalue weighted by Crippen LogP contribution is 2.20. The Kier molecular flexibility index (Phi) is 5.18. The molecular formula is C16H21NO3. The lowest BCUT2D eigenvalue weighted by Gasteiger charge is -2.19. The first-order chi connectivity index (χ1) is 9.70. The van der Waals surface area contributed by atoms with Gasteiger partial charge in [-0.2, -0.15) is 0 Å². The van der Waals surface area contributed by atoms with Gasteiger partial charge in [0.15, 0.2) is 6.10 Å². The largest absolute Gasteiger partial charge is 0.497 e. The summed E-state index contributed by atoms with van der Waals surface area (Å²) in [5.41, 5.74) is 0.547. The average Bonchev–Trinajstić information content (AvgIpc) is 2.53. The number of aliphatic hydroxyl groups excluding tert-OH is 1. The molecule has 108 valence electrons. The molecule has 1 aliphatic rings. The standard InChI is InChI=1S/C16H21NO3/c1-20-14-9-5-8-13(10-14)15(18)16(19)17-11-12-6-3-2-4-7-12/h2-3,5,8-10,12,15,18H,4,6-7,11H2,1H3,(H,17,19)/t12-,15+/m1/s1. The molecule has 2 N–H and O–H groups in total. The van der Waals surface area contributed by atoms with E-state index in [4.69, 9.17) is 4.74 Å². The van der Waals surface area contributed by atoms with Crippen LogP contribution in [-0.4, -0.2) is 24.7 Å². The number of allylic oxidation sites excluding steroid dienone is 2. The first kappa shape index (κ1) is 14.6. The Morgan fingerprint density at radius 3 is 3.05 bits per heavy atom. The van der Waals surface area contributed by atoms with Crippen LogP contribution in [0.5, 0.6) is 5.75 Å². The lowest BCUT2D eigenvalue weighted by atomic mass is 9.94.